The smallest absolute Gasteiger partial charge is 0.279 e. The number of carbonyl (C=O) groups excluding carboxylic acids is 2. The van der Waals surface area contributed by atoms with Crippen molar-refractivity contribution in [1.29, 1.82) is 0 Å². The van der Waals surface area contributed by atoms with E-state index in [2.05, 4.69) is 15.7 Å². The van der Waals surface area contributed by atoms with Crippen LogP contribution in [0.2, 0.25) is 0 Å². The minimum atomic E-state index is -0.625. The number of ether oxygens (including phenoxy) is 4. The molecule has 0 atom stereocenters. The van der Waals surface area contributed by atoms with Gasteiger partial charge in [0.2, 0.25) is 5.91 Å². The van der Waals surface area contributed by atoms with Gasteiger partial charge in [-0.25, -0.2) is 0 Å². The van der Waals surface area contributed by atoms with Gasteiger partial charge in [-0.1, -0.05) is 18.2 Å². The summed E-state index contributed by atoms with van der Waals surface area (Å²) in [5.41, 5.74) is 0.369. The molecule has 0 aliphatic carbocycles. The average molecular weight is 517 g/mol. The Kier molecular flexibility index (Phi) is 6.81. The summed E-state index contributed by atoms with van der Waals surface area (Å²) in [7, 11) is 2.97. The molecule has 1 aliphatic rings. The number of amides is 2. The maximum atomic E-state index is 13.3. The number of carbonyl (C=O) groups is 2. The quantitative estimate of drug-likeness (QED) is 0.383. The number of hydrogen-bond donors (Lipinski definition) is 2. The Bertz CT molecular complexity index is 1600. The van der Waals surface area contributed by atoms with Gasteiger partial charge in [0, 0.05) is 23.2 Å². The maximum absolute atomic E-state index is 13.3. The molecule has 5 rings (SSSR count). The molecule has 1 aromatic heterocycles. The number of nitrogens with one attached hydrogen (secondary N) is 2. The first kappa shape index (κ1) is 24.6. The predicted molar refractivity (Wildman–Crippen MR) is 139 cm³/mol. The number of anilines is 1. The van der Waals surface area contributed by atoms with Gasteiger partial charge >= 0.3 is 0 Å². The molecule has 0 unspecified atom stereocenters. The Hall–Kier alpha value is -5.06. The van der Waals surface area contributed by atoms with E-state index in [9.17, 15) is 14.4 Å². The van der Waals surface area contributed by atoms with Crippen molar-refractivity contribution in [1.82, 2.24) is 15.1 Å². The molecule has 0 saturated heterocycles. The highest BCUT2D eigenvalue weighted by molar-refractivity contribution is 6.06. The zero-order valence-electron chi connectivity index (χ0n) is 20.6. The van der Waals surface area contributed by atoms with Crippen LogP contribution in [-0.2, 0) is 4.79 Å². The van der Waals surface area contributed by atoms with Gasteiger partial charge < -0.3 is 29.6 Å². The van der Waals surface area contributed by atoms with E-state index >= 15 is 0 Å². The Morgan fingerprint density at radius 1 is 0.947 bits per heavy atom. The standard InChI is InChI=1S/C27H24N4O7/c1-35-17-8-9-20(22(14-17)36-2)31-27(34)19-6-4-3-5-18(19)25(30-31)26(33)28-15-24(32)29-16-7-10-21-23(13-16)38-12-11-37-21/h3-10,13-14H,11-12,15H2,1-2H3,(H,28,33)(H,29,32). The lowest BCUT2D eigenvalue weighted by atomic mass is 10.1. The molecule has 0 radical (unpaired) electrons. The lowest BCUT2D eigenvalue weighted by Gasteiger charge is -2.19. The van der Waals surface area contributed by atoms with Crippen molar-refractivity contribution in [3.05, 3.63) is 76.7 Å². The van der Waals surface area contributed by atoms with Crippen LogP contribution >= 0.6 is 0 Å². The molecule has 2 amide bonds. The van der Waals surface area contributed by atoms with Gasteiger partial charge in [0.1, 0.15) is 30.4 Å². The van der Waals surface area contributed by atoms with Crippen molar-refractivity contribution in [3.8, 4) is 28.7 Å². The summed E-state index contributed by atoms with van der Waals surface area (Å²) >= 11 is 0. The lowest BCUT2D eigenvalue weighted by molar-refractivity contribution is -0.115. The summed E-state index contributed by atoms with van der Waals surface area (Å²) < 4.78 is 22.8. The van der Waals surface area contributed by atoms with E-state index in [0.29, 0.717) is 53.0 Å². The van der Waals surface area contributed by atoms with Crippen LogP contribution in [0.4, 0.5) is 5.69 Å². The van der Waals surface area contributed by atoms with Gasteiger partial charge in [0.05, 0.1) is 26.2 Å². The zero-order chi connectivity index (χ0) is 26.6. The van der Waals surface area contributed by atoms with Crippen LogP contribution in [0.15, 0.2) is 65.5 Å². The molecule has 0 bridgehead atoms. The SMILES string of the molecule is COc1ccc(-n2nc(C(=O)NCC(=O)Nc3ccc4c(c3)OCCO4)c3ccccc3c2=O)c(OC)c1. The number of hydrogen-bond acceptors (Lipinski definition) is 8. The van der Waals surface area contributed by atoms with Gasteiger partial charge in [0.15, 0.2) is 17.2 Å². The predicted octanol–water partition coefficient (Wildman–Crippen LogP) is 2.54. The Morgan fingerprint density at radius 3 is 2.47 bits per heavy atom. The fourth-order valence-electron chi connectivity index (χ4n) is 4.05. The summed E-state index contributed by atoms with van der Waals surface area (Å²) in [6.45, 7) is 0.562. The van der Waals surface area contributed by atoms with Crippen LogP contribution in [0.25, 0.3) is 16.5 Å². The summed E-state index contributed by atoms with van der Waals surface area (Å²) in [5.74, 6) is 0.916. The molecule has 0 fully saturated rings. The molecule has 0 spiro atoms. The Morgan fingerprint density at radius 2 is 1.71 bits per heavy atom. The van der Waals surface area contributed by atoms with Gasteiger partial charge in [-0.05, 0) is 30.3 Å². The number of aromatic nitrogens is 2. The van der Waals surface area contributed by atoms with Crippen LogP contribution in [0.3, 0.4) is 0 Å². The minimum Gasteiger partial charge on any atom is -0.497 e. The molecule has 11 nitrogen and oxygen atoms in total. The van der Waals surface area contributed by atoms with E-state index in [4.69, 9.17) is 18.9 Å². The van der Waals surface area contributed by atoms with E-state index in [0.717, 1.165) is 4.68 Å². The molecular formula is C27H24N4O7. The number of benzene rings is 3. The fraction of sp³-hybridized carbons (Fsp3) is 0.185. The molecule has 194 valence electrons. The summed E-state index contributed by atoms with van der Waals surface area (Å²) in [6, 6.07) is 16.6. The first-order valence-corrected chi connectivity index (χ1v) is 11.7. The third-order valence-electron chi connectivity index (χ3n) is 5.87. The summed E-state index contributed by atoms with van der Waals surface area (Å²) in [4.78, 5) is 39.1. The van der Waals surface area contributed by atoms with E-state index in [1.54, 1.807) is 60.7 Å². The van der Waals surface area contributed by atoms with Crippen LogP contribution in [-0.4, -0.2) is 55.6 Å². The highest BCUT2D eigenvalue weighted by atomic mass is 16.6. The molecule has 1 aliphatic heterocycles. The van der Waals surface area contributed by atoms with E-state index in [1.165, 1.54) is 14.2 Å². The van der Waals surface area contributed by atoms with Crippen molar-refractivity contribution in [2.75, 3.05) is 39.3 Å². The van der Waals surface area contributed by atoms with Crippen LogP contribution in [0.1, 0.15) is 10.5 Å². The van der Waals surface area contributed by atoms with Crippen LogP contribution in [0, 0.1) is 0 Å². The van der Waals surface area contributed by atoms with E-state index in [-0.39, 0.29) is 17.6 Å². The van der Waals surface area contributed by atoms with Crippen molar-refractivity contribution in [2.45, 2.75) is 0 Å². The number of rotatable bonds is 7. The molecule has 38 heavy (non-hydrogen) atoms. The molecule has 4 aromatic rings. The fourth-order valence-corrected chi connectivity index (χ4v) is 4.05. The highest BCUT2D eigenvalue weighted by Crippen LogP contribution is 2.32. The molecule has 11 heteroatoms. The maximum Gasteiger partial charge on any atom is 0.279 e. The average Bonchev–Trinajstić information content (AvgIpc) is 2.96. The monoisotopic (exact) mass is 516 g/mol. The van der Waals surface area contributed by atoms with Gasteiger partial charge in [-0.15, -0.1) is 0 Å². The van der Waals surface area contributed by atoms with Crippen molar-refractivity contribution in [3.63, 3.8) is 0 Å². The Labute approximate surface area is 216 Å². The van der Waals surface area contributed by atoms with Crippen LogP contribution in [0.5, 0.6) is 23.0 Å². The largest absolute Gasteiger partial charge is 0.497 e. The summed E-state index contributed by atoms with van der Waals surface area (Å²) in [5, 5.41) is 10.3. The lowest BCUT2D eigenvalue weighted by Crippen LogP contribution is -2.35. The highest BCUT2D eigenvalue weighted by Gasteiger charge is 2.20. The van der Waals surface area contributed by atoms with Crippen molar-refractivity contribution in [2.24, 2.45) is 0 Å². The third kappa shape index (κ3) is 4.81. The second-order valence-corrected chi connectivity index (χ2v) is 8.24. The first-order chi connectivity index (χ1) is 18.5. The second-order valence-electron chi connectivity index (χ2n) is 8.24. The minimum absolute atomic E-state index is 0.0230. The zero-order valence-corrected chi connectivity index (χ0v) is 20.6. The van der Waals surface area contributed by atoms with Crippen molar-refractivity contribution < 1.29 is 28.5 Å². The molecule has 2 heterocycles. The molecule has 3 aromatic carbocycles. The van der Waals surface area contributed by atoms with E-state index in [1.807, 2.05) is 0 Å². The van der Waals surface area contributed by atoms with Gasteiger partial charge in [-0.2, -0.15) is 9.78 Å². The molecule has 2 N–H and O–H groups in total. The normalized spacial score (nSPS) is 12.1. The number of methoxy groups -OCH3 is 2. The Balaban J connectivity index is 1.40. The summed E-state index contributed by atoms with van der Waals surface area (Å²) in [6.07, 6.45) is 0. The third-order valence-corrected chi connectivity index (χ3v) is 5.87. The van der Waals surface area contributed by atoms with Crippen molar-refractivity contribution >= 4 is 28.3 Å². The van der Waals surface area contributed by atoms with E-state index < -0.39 is 17.4 Å². The second kappa shape index (κ2) is 10.5. The molecule has 0 saturated carbocycles. The topological polar surface area (TPSA) is 130 Å². The van der Waals surface area contributed by atoms with Gasteiger partial charge in [-0.3, -0.25) is 14.4 Å². The van der Waals surface area contributed by atoms with Gasteiger partial charge in [0.25, 0.3) is 11.5 Å². The number of nitrogens with zero attached hydrogens (tertiary/aromatic N) is 2. The number of fused-ring (bicyclic) bond motifs is 2. The molecular weight excluding hydrogens is 492 g/mol. The first-order valence-electron chi connectivity index (χ1n) is 11.7. The van der Waals surface area contributed by atoms with Crippen LogP contribution < -0.4 is 35.1 Å².